The van der Waals surface area contributed by atoms with E-state index in [1.807, 2.05) is 0 Å². The molecule has 0 amide bonds. The van der Waals surface area contributed by atoms with Gasteiger partial charge in [0.1, 0.15) is 0 Å². The highest BCUT2D eigenvalue weighted by molar-refractivity contribution is 7.22. The molecule has 0 radical (unpaired) electrons. The molecule has 2 aromatic rings. The van der Waals surface area contributed by atoms with Gasteiger partial charge >= 0.3 is 5.69 Å². The summed E-state index contributed by atoms with van der Waals surface area (Å²) in [5.74, 6) is 0.294. The molecule has 9 nitrogen and oxygen atoms in total. The maximum atomic E-state index is 11.4. The molecular formula is C14H17N5O4S. The summed E-state index contributed by atoms with van der Waals surface area (Å²) in [7, 11) is 0. The number of anilines is 2. The van der Waals surface area contributed by atoms with Crippen LogP contribution in [0.1, 0.15) is 6.42 Å². The number of morpholine rings is 1. The minimum absolute atomic E-state index is 0.0335. The monoisotopic (exact) mass is 351 g/mol. The Bertz CT molecular complexity index is 776. The van der Waals surface area contributed by atoms with Gasteiger partial charge < -0.3 is 19.6 Å². The number of nitro groups is 1. The first-order valence-corrected chi connectivity index (χ1v) is 8.65. The van der Waals surface area contributed by atoms with Crippen molar-refractivity contribution in [2.75, 3.05) is 49.2 Å². The van der Waals surface area contributed by atoms with Gasteiger partial charge in [-0.05, 0) is 6.42 Å². The number of aromatic nitrogens is 2. The van der Waals surface area contributed by atoms with Gasteiger partial charge in [-0.15, -0.1) is 0 Å². The van der Waals surface area contributed by atoms with Crippen LogP contribution in [-0.2, 0) is 4.74 Å². The Morgan fingerprint density at radius 2 is 2.08 bits per heavy atom. The largest absolute Gasteiger partial charge is 0.391 e. The summed E-state index contributed by atoms with van der Waals surface area (Å²) in [5, 5.41) is 22.0. The molecule has 1 atom stereocenters. The van der Waals surface area contributed by atoms with Crippen molar-refractivity contribution in [1.29, 1.82) is 0 Å². The number of β-amino-alcohol motifs (C(OH)–C–C–N with tert-alkyl or cyclic N) is 1. The van der Waals surface area contributed by atoms with Crippen LogP contribution in [0.5, 0.6) is 0 Å². The van der Waals surface area contributed by atoms with E-state index in [0.717, 1.165) is 18.2 Å². The summed E-state index contributed by atoms with van der Waals surface area (Å²) >= 11 is 1.41. The van der Waals surface area contributed by atoms with Crippen molar-refractivity contribution < 1.29 is 14.8 Å². The van der Waals surface area contributed by atoms with E-state index < -0.39 is 11.0 Å². The Morgan fingerprint density at radius 3 is 2.75 bits per heavy atom. The highest BCUT2D eigenvalue weighted by Gasteiger charge is 2.29. The fraction of sp³-hybridized carbons (Fsp3) is 0.571. The van der Waals surface area contributed by atoms with Gasteiger partial charge in [-0.2, -0.15) is 4.98 Å². The normalized spacial score (nSPS) is 21.6. The lowest BCUT2D eigenvalue weighted by Gasteiger charge is -2.25. The van der Waals surface area contributed by atoms with Gasteiger partial charge in [0, 0.05) is 32.2 Å². The number of fused-ring (bicyclic) bond motifs is 1. The predicted octanol–water partition coefficient (Wildman–Crippen LogP) is 1.01. The third-order valence-corrected chi connectivity index (χ3v) is 5.33. The topological polar surface area (TPSA) is 105 Å². The minimum atomic E-state index is -0.471. The lowest BCUT2D eigenvalue weighted by atomic mass is 10.3. The van der Waals surface area contributed by atoms with Crippen LogP contribution in [0, 0.1) is 10.1 Å². The molecule has 1 N–H and O–H groups in total. The predicted molar refractivity (Wildman–Crippen MR) is 89.9 cm³/mol. The summed E-state index contributed by atoms with van der Waals surface area (Å²) in [6.45, 7) is 3.74. The molecule has 0 unspecified atom stereocenters. The number of aliphatic hydroxyl groups is 1. The Hall–Kier alpha value is -2.04. The summed E-state index contributed by atoms with van der Waals surface area (Å²) in [5.41, 5.74) is 0.484. The highest BCUT2D eigenvalue weighted by Crippen LogP contribution is 2.36. The Labute approximate surface area is 141 Å². The van der Waals surface area contributed by atoms with Crippen molar-refractivity contribution in [3.05, 3.63) is 16.2 Å². The lowest BCUT2D eigenvalue weighted by Crippen LogP contribution is -2.36. The Morgan fingerprint density at radius 1 is 1.29 bits per heavy atom. The van der Waals surface area contributed by atoms with Gasteiger partial charge in [0.25, 0.3) is 0 Å². The zero-order chi connectivity index (χ0) is 16.7. The van der Waals surface area contributed by atoms with Crippen LogP contribution in [0.3, 0.4) is 0 Å². The second-order valence-electron chi connectivity index (χ2n) is 5.89. The molecule has 2 aliphatic heterocycles. The zero-order valence-corrected chi connectivity index (χ0v) is 13.7. The SMILES string of the molecule is O=[N+]([O-])c1cc2sc(N3CCOCC3)nc2nc1N1CC[C@H](O)C1. The molecule has 10 heteroatoms. The third kappa shape index (κ3) is 2.76. The minimum Gasteiger partial charge on any atom is -0.391 e. The number of ether oxygens (including phenoxy) is 1. The molecule has 24 heavy (non-hydrogen) atoms. The molecule has 0 aliphatic carbocycles. The molecule has 2 fully saturated rings. The fourth-order valence-electron chi connectivity index (χ4n) is 3.02. The molecule has 0 aromatic carbocycles. The number of thiazole rings is 1. The standard InChI is InChI=1S/C14H17N5O4S/c20-9-1-2-18(8-9)13-10(19(21)22)7-11-12(15-13)16-14(24-11)17-3-5-23-6-4-17/h7,9,20H,1-6,8H2/t9-/m0/s1. The Balaban J connectivity index is 1.74. The molecule has 2 aromatic heterocycles. The van der Waals surface area contributed by atoms with E-state index in [9.17, 15) is 15.2 Å². The van der Waals surface area contributed by atoms with Crippen molar-refractivity contribution in [2.24, 2.45) is 0 Å². The van der Waals surface area contributed by atoms with Crippen molar-refractivity contribution in [2.45, 2.75) is 12.5 Å². The number of rotatable bonds is 3. The summed E-state index contributed by atoms with van der Waals surface area (Å²) < 4.78 is 6.04. The second-order valence-corrected chi connectivity index (χ2v) is 6.90. The molecule has 2 aliphatic rings. The second kappa shape index (κ2) is 6.11. The van der Waals surface area contributed by atoms with E-state index in [2.05, 4.69) is 14.9 Å². The maximum Gasteiger partial charge on any atom is 0.313 e. The van der Waals surface area contributed by atoms with Gasteiger partial charge in [0.05, 0.1) is 28.9 Å². The van der Waals surface area contributed by atoms with Crippen LogP contribution in [0.15, 0.2) is 6.07 Å². The summed E-state index contributed by atoms with van der Waals surface area (Å²) in [6, 6.07) is 1.55. The first kappa shape index (κ1) is 15.5. The van der Waals surface area contributed by atoms with Crippen LogP contribution in [-0.4, -0.2) is 65.5 Å². The van der Waals surface area contributed by atoms with Crippen LogP contribution in [0.25, 0.3) is 10.3 Å². The van der Waals surface area contributed by atoms with Gasteiger partial charge in [-0.3, -0.25) is 10.1 Å². The van der Waals surface area contributed by atoms with Gasteiger partial charge in [-0.1, -0.05) is 11.3 Å². The number of pyridine rings is 1. The highest BCUT2D eigenvalue weighted by atomic mass is 32.1. The molecule has 0 bridgehead atoms. The van der Waals surface area contributed by atoms with E-state index in [1.54, 1.807) is 11.0 Å². The molecule has 0 saturated carbocycles. The molecule has 0 spiro atoms. The zero-order valence-electron chi connectivity index (χ0n) is 12.9. The van der Waals surface area contributed by atoms with Crippen LogP contribution < -0.4 is 9.80 Å². The van der Waals surface area contributed by atoms with Crippen molar-refractivity contribution in [3.63, 3.8) is 0 Å². The van der Waals surface area contributed by atoms with Crippen LogP contribution in [0.2, 0.25) is 0 Å². The molecular weight excluding hydrogens is 334 g/mol. The quantitative estimate of drug-likeness (QED) is 0.645. The van der Waals surface area contributed by atoms with Crippen molar-refractivity contribution in [1.82, 2.24) is 9.97 Å². The van der Waals surface area contributed by atoms with E-state index >= 15 is 0 Å². The smallest absolute Gasteiger partial charge is 0.313 e. The molecule has 4 heterocycles. The van der Waals surface area contributed by atoms with Gasteiger partial charge in [-0.25, -0.2) is 4.98 Å². The Kier molecular flexibility index (Phi) is 3.94. The summed E-state index contributed by atoms with van der Waals surface area (Å²) in [4.78, 5) is 23.9. The van der Waals surface area contributed by atoms with Crippen molar-refractivity contribution in [3.8, 4) is 0 Å². The van der Waals surface area contributed by atoms with E-state index in [4.69, 9.17) is 4.74 Å². The van der Waals surface area contributed by atoms with E-state index in [-0.39, 0.29) is 5.69 Å². The van der Waals surface area contributed by atoms with Crippen LogP contribution >= 0.6 is 11.3 Å². The number of hydrogen-bond acceptors (Lipinski definition) is 9. The van der Waals surface area contributed by atoms with Gasteiger partial charge in [0.15, 0.2) is 10.8 Å². The van der Waals surface area contributed by atoms with Crippen molar-refractivity contribution >= 4 is 38.3 Å². The first-order valence-electron chi connectivity index (χ1n) is 7.83. The van der Waals surface area contributed by atoms with E-state index in [1.165, 1.54) is 11.3 Å². The van der Waals surface area contributed by atoms with E-state index in [0.29, 0.717) is 48.9 Å². The van der Waals surface area contributed by atoms with Crippen LogP contribution in [0.4, 0.5) is 16.6 Å². The molecule has 128 valence electrons. The molecule has 4 rings (SSSR count). The number of aliphatic hydroxyl groups excluding tert-OH is 1. The first-order chi connectivity index (χ1) is 11.6. The third-order valence-electron chi connectivity index (χ3n) is 4.27. The average Bonchev–Trinajstić information content (AvgIpc) is 3.20. The molecule has 2 saturated heterocycles. The number of nitrogens with zero attached hydrogens (tertiary/aromatic N) is 5. The average molecular weight is 351 g/mol. The van der Waals surface area contributed by atoms with Gasteiger partial charge in [0.2, 0.25) is 5.82 Å². The number of hydrogen-bond donors (Lipinski definition) is 1. The lowest BCUT2D eigenvalue weighted by molar-refractivity contribution is -0.384. The maximum absolute atomic E-state index is 11.4. The summed E-state index contributed by atoms with van der Waals surface area (Å²) in [6.07, 6.45) is 0.119. The fourth-order valence-corrected chi connectivity index (χ4v) is 4.02.